The summed E-state index contributed by atoms with van der Waals surface area (Å²) in [6, 6.07) is 5.91. The van der Waals surface area contributed by atoms with Crippen LogP contribution < -0.4 is 0 Å². The Morgan fingerprint density at radius 2 is 1.83 bits per heavy atom. The summed E-state index contributed by atoms with van der Waals surface area (Å²) in [5.74, 6) is -0.313. The number of hydrogen-bond acceptors (Lipinski definition) is 3. The Balaban J connectivity index is 2.61. The molecule has 1 aromatic heterocycles. The van der Waals surface area contributed by atoms with E-state index in [1.54, 1.807) is 16.8 Å². The van der Waals surface area contributed by atoms with Gasteiger partial charge in [-0.05, 0) is 24.3 Å². The van der Waals surface area contributed by atoms with Crippen molar-refractivity contribution in [2.75, 3.05) is 0 Å². The zero-order valence-electron chi connectivity index (χ0n) is 10.5. The second-order valence-electron chi connectivity index (χ2n) is 5.08. The molecule has 2 aromatic rings. The van der Waals surface area contributed by atoms with Crippen LogP contribution in [0.25, 0.3) is 5.69 Å². The van der Waals surface area contributed by atoms with E-state index in [-0.39, 0.29) is 11.2 Å². The predicted molar refractivity (Wildman–Crippen MR) is 65.4 cm³/mol. The van der Waals surface area contributed by atoms with Gasteiger partial charge in [0.1, 0.15) is 11.5 Å². The van der Waals surface area contributed by atoms with Gasteiger partial charge in [0, 0.05) is 5.41 Å². The molecule has 1 heterocycles. The van der Waals surface area contributed by atoms with Crippen LogP contribution in [0.4, 0.5) is 4.39 Å². The van der Waals surface area contributed by atoms with Crippen molar-refractivity contribution in [3.8, 4) is 5.69 Å². The summed E-state index contributed by atoms with van der Waals surface area (Å²) in [4.78, 5) is 11.0. The summed E-state index contributed by atoms with van der Waals surface area (Å²) in [5, 5.41) is 7.82. The first kappa shape index (κ1) is 12.4. The zero-order chi connectivity index (χ0) is 13.3. The van der Waals surface area contributed by atoms with Crippen LogP contribution in [0.3, 0.4) is 0 Å². The van der Waals surface area contributed by atoms with Gasteiger partial charge in [-0.3, -0.25) is 4.79 Å². The Labute approximate surface area is 104 Å². The van der Waals surface area contributed by atoms with Crippen LogP contribution in [0.5, 0.6) is 0 Å². The first-order valence-corrected chi connectivity index (χ1v) is 5.61. The summed E-state index contributed by atoms with van der Waals surface area (Å²) in [6.45, 7) is 5.91. The molecule has 0 fully saturated rings. The van der Waals surface area contributed by atoms with Gasteiger partial charge in [-0.15, -0.1) is 5.10 Å². The first-order valence-electron chi connectivity index (χ1n) is 5.61. The van der Waals surface area contributed by atoms with Gasteiger partial charge < -0.3 is 0 Å². The molecular weight excluding hydrogens is 233 g/mol. The SMILES string of the molecule is CC(C)(C)c1c(C=O)nnn1-c1ccc(F)cc1. The lowest BCUT2D eigenvalue weighted by molar-refractivity contribution is 0.111. The van der Waals surface area contributed by atoms with Crippen LogP contribution in [0.15, 0.2) is 24.3 Å². The van der Waals surface area contributed by atoms with Crippen LogP contribution in [-0.4, -0.2) is 21.3 Å². The fraction of sp³-hybridized carbons (Fsp3) is 0.308. The maximum Gasteiger partial charge on any atom is 0.172 e. The second kappa shape index (κ2) is 4.33. The van der Waals surface area contributed by atoms with E-state index in [9.17, 15) is 9.18 Å². The van der Waals surface area contributed by atoms with Crippen molar-refractivity contribution < 1.29 is 9.18 Å². The number of hydrogen-bond donors (Lipinski definition) is 0. The highest BCUT2D eigenvalue weighted by Gasteiger charge is 2.25. The summed E-state index contributed by atoms with van der Waals surface area (Å²) in [6.07, 6.45) is 0.688. The average molecular weight is 247 g/mol. The molecule has 0 aliphatic rings. The fourth-order valence-corrected chi connectivity index (χ4v) is 1.84. The maximum atomic E-state index is 12.9. The molecule has 0 aliphatic carbocycles. The van der Waals surface area contributed by atoms with E-state index in [0.717, 1.165) is 0 Å². The van der Waals surface area contributed by atoms with E-state index in [1.165, 1.54) is 12.1 Å². The van der Waals surface area contributed by atoms with Crippen LogP contribution in [0.2, 0.25) is 0 Å². The highest BCUT2D eigenvalue weighted by molar-refractivity contribution is 5.74. The smallest absolute Gasteiger partial charge is 0.172 e. The standard InChI is InChI=1S/C13H14FN3O/c1-13(2,3)12-11(8-18)15-16-17(12)10-6-4-9(14)5-7-10/h4-8H,1-3H3. The van der Waals surface area contributed by atoms with Gasteiger partial charge in [0.15, 0.2) is 6.29 Å². The molecule has 0 spiro atoms. The lowest BCUT2D eigenvalue weighted by atomic mass is 9.90. The Bertz CT molecular complexity index is 567. The van der Waals surface area contributed by atoms with E-state index < -0.39 is 0 Å². The molecule has 0 aliphatic heterocycles. The lowest BCUT2D eigenvalue weighted by Gasteiger charge is -2.20. The third kappa shape index (κ3) is 2.16. The van der Waals surface area contributed by atoms with Gasteiger partial charge >= 0.3 is 0 Å². The lowest BCUT2D eigenvalue weighted by Crippen LogP contribution is -2.19. The molecule has 0 N–H and O–H groups in total. The van der Waals surface area contributed by atoms with Crippen molar-refractivity contribution in [3.05, 3.63) is 41.5 Å². The highest BCUT2D eigenvalue weighted by atomic mass is 19.1. The molecule has 2 rings (SSSR count). The Kier molecular flexibility index (Phi) is 2.98. The molecule has 5 heteroatoms. The molecule has 4 nitrogen and oxygen atoms in total. The Morgan fingerprint density at radius 1 is 1.22 bits per heavy atom. The minimum Gasteiger partial charge on any atom is -0.296 e. The molecule has 0 bridgehead atoms. The van der Waals surface area contributed by atoms with E-state index in [1.807, 2.05) is 20.8 Å². The van der Waals surface area contributed by atoms with Crippen molar-refractivity contribution in [3.63, 3.8) is 0 Å². The molecule has 0 atom stereocenters. The van der Waals surface area contributed by atoms with Gasteiger partial charge in [-0.1, -0.05) is 26.0 Å². The largest absolute Gasteiger partial charge is 0.296 e. The molecule has 1 aromatic carbocycles. The fourth-order valence-electron chi connectivity index (χ4n) is 1.84. The average Bonchev–Trinajstić information content (AvgIpc) is 2.73. The minimum absolute atomic E-state index is 0.284. The van der Waals surface area contributed by atoms with Gasteiger partial charge in [0.25, 0.3) is 0 Å². The van der Waals surface area contributed by atoms with Crippen molar-refractivity contribution in [1.29, 1.82) is 0 Å². The number of aromatic nitrogens is 3. The third-order valence-corrected chi connectivity index (χ3v) is 2.59. The number of nitrogens with zero attached hydrogens (tertiary/aromatic N) is 3. The normalized spacial score (nSPS) is 11.6. The van der Waals surface area contributed by atoms with Gasteiger partial charge in [0.2, 0.25) is 0 Å². The van der Waals surface area contributed by atoms with Crippen LogP contribution in [-0.2, 0) is 5.41 Å². The number of carbonyl (C=O) groups is 1. The van der Waals surface area contributed by atoms with Crippen LogP contribution in [0, 0.1) is 5.82 Å². The number of carbonyl (C=O) groups excluding carboxylic acids is 1. The third-order valence-electron chi connectivity index (χ3n) is 2.59. The zero-order valence-corrected chi connectivity index (χ0v) is 10.5. The number of rotatable bonds is 2. The van der Waals surface area contributed by atoms with Crippen molar-refractivity contribution in [2.45, 2.75) is 26.2 Å². The van der Waals surface area contributed by atoms with E-state index in [2.05, 4.69) is 10.3 Å². The number of aldehydes is 1. The van der Waals surface area contributed by atoms with E-state index in [0.29, 0.717) is 23.4 Å². The van der Waals surface area contributed by atoms with Crippen molar-refractivity contribution in [1.82, 2.24) is 15.0 Å². The summed E-state index contributed by atoms with van der Waals surface area (Å²) in [5.41, 5.74) is 1.42. The maximum absolute atomic E-state index is 12.9. The molecule has 0 radical (unpaired) electrons. The summed E-state index contributed by atoms with van der Waals surface area (Å²) >= 11 is 0. The van der Waals surface area contributed by atoms with Crippen LogP contribution in [0.1, 0.15) is 37.0 Å². The van der Waals surface area contributed by atoms with Gasteiger partial charge in [-0.2, -0.15) is 0 Å². The second-order valence-corrected chi connectivity index (χ2v) is 5.08. The van der Waals surface area contributed by atoms with Crippen molar-refractivity contribution >= 4 is 6.29 Å². The molecule has 18 heavy (non-hydrogen) atoms. The summed E-state index contributed by atoms with van der Waals surface area (Å²) in [7, 11) is 0. The van der Waals surface area contributed by atoms with Crippen molar-refractivity contribution in [2.24, 2.45) is 0 Å². The van der Waals surface area contributed by atoms with E-state index in [4.69, 9.17) is 0 Å². The molecule has 94 valence electrons. The van der Waals surface area contributed by atoms with Crippen LogP contribution >= 0.6 is 0 Å². The number of benzene rings is 1. The highest BCUT2D eigenvalue weighted by Crippen LogP contribution is 2.26. The molecule has 0 saturated heterocycles. The first-order chi connectivity index (χ1) is 8.43. The Morgan fingerprint density at radius 3 is 2.33 bits per heavy atom. The topological polar surface area (TPSA) is 47.8 Å². The molecule has 0 saturated carbocycles. The quantitative estimate of drug-likeness (QED) is 0.766. The van der Waals surface area contributed by atoms with Gasteiger partial charge in [-0.25, -0.2) is 9.07 Å². The molecule has 0 unspecified atom stereocenters. The molecule has 0 amide bonds. The Hall–Kier alpha value is -2.04. The summed E-state index contributed by atoms with van der Waals surface area (Å²) < 4.78 is 14.5. The predicted octanol–water partition coefficient (Wildman–Crippen LogP) is 2.52. The van der Waals surface area contributed by atoms with Gasteiger partial charge in [0.05, 0.1) is 11.4 Å². The van der Waals surface area contributed by atoms with E-state index >= 15 is 0 Å². The monoisotopic (exact) mass is 247 g/mol. The number of halogens is 1. The molecular formula is C13H14FN3O. The minimum atomic E-state index is -0.313.